The van der Waals surface area contributed by atoms with Gasteiger partial charge < -0.3 is 33.3 Å². The fourth-order valence-electron chi connectivity index (χ4n) is 5.34. The van der Waals surface area contributed by atoms with Gasteiger partial charge in [0.15, 0.2) is 7.26 Å². The van der Waals surface area contributed by atoms with Crippen LogP contribution in [0.4, 0.5) is 5.88 Å². The molecule has 0 unspecified atom stereocenters. The smallest absolute Gasteiger partial charge is 0.262 e. The van der Waals surface area contributed by atoms with Gasteiger partial charge in [-0.1, -0.05) is 78.3 Å². The van der Waals surface area contributed by atoms with Crippen LogP contribution in [0.25, 0.3) is 11.5 Å². The first kappa shape index (κ1) is 26.9. The number of nitrogens with zero attached hydrogens (tertiary/aromatic N) is 2. The fourth-order valence-corrected chi connectivity index (χ4v) is 9.76. The number of anilines is 1. The molecule has 1 aliphatic rings. The van der Waals surface area contributed by atoms with Gasteiger partial charge in [0.1, 0.15) is 15.9 Å². The van der Waals surface area contributed by atoms with Crippen LogP contribution in [0.5, 0.6) is 0 Å². The summed E-state index contributed by atoms with van der Waals surface area (Å²) >= 11 is 6.67. The summed E-state index contributed by atoms with van der Waals surface area (Å²) < 4.78 is 6.75. The van der Waals surface area contributed by atoms with E-state index >= 15 is 0 Å². The molecule has 4 aromatic carbocycles. The molecule has 38 heavy (non-hydrogen) atoms. The number of hydrogen-bond acceptors (Lipinski definition) is 3. The van der Waals surface area contributed by atoms with Crippen molar-refractivity contribution in [1.29, 1.82) is 0 Å². The number of rotatable bonds is 6. The molecule has 1 saturated heterocycles. The Labute approximate surface area is 247 Å². The molecular formula is C32H29ClIN2OP. The summed E-state index contributed by atoms with van der Waals surface area (Å²) in [5.74, 6) is 1.45. The molecule has 0 saturated carbocycles. The first-order valence-corrected chi connectivity index (χ1v) is 15.0. The quantitative estimate of drug-likeness (QED) is 0.208. The lowest BCUT2D eigenvalue weighted by molar-refractivity contribution is -0.00000762. The second-order valence-corrected chi connectivity index (χ2v) is 13.1. The number of aromatic nitrogens is 1. The van der Waals surface area contributed by atoms with Crippen LogP contribution < -0.4 is 50.2 Å². The predicted molar refractivity (Wildman–Crippen MR) is 158 cm³/mol. The predicted octanol–water partition coefficient (Wildman–Crippen LogP) is 3.61. The lowest BCUT2D eigenvalue weighted by Crippen LogP contribution is -3.00. The minimum atomic E-state index is -2.41. The second-order valence-electron chi connectivity index (χ2n) is 9.35. The van der Waals surface area contributed by atoms with Gasteiger partial charge in [-0.25, -0.2) is 0 Å². The molecule has 6 rings (SSSR count). The Morgan fingerprint density at radius 2 is 1.11 bits per heavy atom. The third-order valence-corrected chi connectivity index (χ3v) is 11.6. The summed E-state index contributed by atoms with van der Waals surface area (Å²) in [4.78, 5) is 7.77. The van der Waals surface area contributed by atoms with Gasteiger partial charge in [-0.15, -0.1) is 0 Å². The molecule has 1 aliphatic heterocycles. The third-order valence-electron chi connectivity index (χ3n) is 7.09. The van der Waals surface area contributed by atoms with Crippen molar-refractivity contribution < 1.29 is 28.4 Å². The number of hydrogen-bond donors (Lipinski definition) is 0. The summed E-state index contributed by atoms with van der Waals surface area (Å²) in [7, 11) is -2.41. The molecule has 0 N–H and O–H groups in total. The van der Waals surface area contributed by atoms with Crippen molar-refractivity contribution in [1.82, 2.24) is 4.98 Å². The average molecular weight is 651 g/mol. The van der Waals surface area contributed by atoms with Crippen LogP contribution >= 0.6 is 18.9 Å². The van der Waals surface area contributed by atoms with E-state index in [1.165, 1.54) is 22.3 Å². The van der Waals surface area contributed by atoms with Gasteiger partial charge in [-0.3, -0.25) is 0 Å². The van der Waals surface area contributed by atoms with Crippen molar-refractivity contribution in [3.8, 4) is 11.5 Å². The molecule has 192 valence electrons. The second kappa shape index (κ2) is 12.0. The van der Waals surface area contributed by atoms with Gasteiger partial charge in [-0.05, 0) is 67.8 Å². The van der Waals surface area contributed by atoms with E-state index in [1.54, 1.807) is 0 Å². The first-order valence-electron chi connectivity index (χ1n) is 12.9. The number of benzene rings is 4. The number of piperidine rings is 1. The lowest BCUT2D eigenvalue weighted by atomic mass is 10.1. The highest BCUT2D eigenvalue weighted by Gasteiger charge is 2.53. The fraction of sp³-hybridized carbons (Fsp3) is 0.156. The lowest BCUT2D eigenvalue weighted by Gasteiger charge is -2.30. The van der Waals surface area contributed by atoms with Crippen molar-refractivity contribution in [2.45, 2.75) is 19.3 Å². The highest BCUT2D eigenvalue weighted by molar-refractivity contribution is 8.01. The summed E-state index contributed by atoms with van der Waals surface area (Å²) in [5.41, 5.74) is 1.83. The molecule has 3 nitrogen and oxygen atoms in total. The van der Waals surface area contributed by atoms with Crippen molar-refractivity contribution in [3.05, 3.63) is 120 Å². The van der Waals surface area contributed by atoms with Crippen molar-refractivity contribution >= 4 is 46.1 Å². The summed E-state index contributed by atoms with van der Waals surface area (Å²) in [6, 6.07) is 40.3. The van der Waals surface area contributed by atoms with Crippen LogP contribution in [0.1, 0.15) is 19.3 Å². The Hall–Kier alpha value is -2.66. The first-order chi connectivity index (χ1) is 18.3. The minimum absolute atomic E-state index is 0. The number of oxazole rings is 1. The van der Waals surface area contributed by atoms with Crippen molar-refractivity contribution in [2.24, 2.45) is 0 Å². The zero-order valence-electron chi connectivity index (χ0n) is 21.0. The van der Waals surface area contributed by atoms with E-state index in [1.807, 2.05) is 24.3 Å². The zero-order chi connectivity index (χ0) is 25.1. The highest BCUT2D eigenvalue weighted by atomic mass is 127. The molecule has 0 aliphatic carbocycles. The van der Waals surface area contributed by atoms with Crippen LogP contribution in [0.3, 0.4) is 0 Å². The van der Waals surface area contributed by atoms with Gasteiger partial charge >= 0.3 is 0 Å². The Kier molecular flexibility index (Phi) is 8.52. The summed E-state index contributed by atoms with van der Waals surface area (Å²) in [6.07, 6.45) is 3.54. The van der Waals surface area contributed by atoms with E-state index in [0.717, 1.165) is 42.8 Å². The maximum atomic E-state index is 6.75. The molecule has 5 aromatic rings. The van der Waals surface area contributed by atoms with Gasteiger partial charge in [0, 0.05) is 13.1 Å². The van der Waals surface area contributed by atoms with Crippen molar-refractivity contribution in [2.75, 3.05) is 18.0 Å². The van der Waals surface area contributed by atoms with E-state index in [9.17, 15) is 0 Å². The van der Waals surface area contributed by atoms with E-state index in [0.29, 0.717) is 10.9 Å². The largest absolute Gasteiger partial charge is 1.00 e. The molecule has 0 bridgehead atoms. The topological polar surface area (TPSA) is 29.3 Å². The van der Waals surface area contributed by atoms with Gasteiger partial charge in [0.05, 0.1) is 10.6 Å². The maximum absolute atomic E-state index is 6.75. The molecule has 0 atom stereocenters. The Balaban J connectivity index is 0.00000294. The summed E-state index contributed by atoms with van der Waals surface area (Å²) in [5, 5.41) is 4.41. The highest BCUT2D eigenvalue weighted by Crippen LogP contribution is 2.56. The van der Waals surface area contributed by atoms with E-state index in [-0.39, 0.29) is 24.0 Å². The number of halogens is 2. The molecule has 0 amide bonds. The molecule has 1 aromatic heterocycles. The standard InChI is InChI=1S/C32H29ClN2OP.HI/c33-29-22-12-11-21-28(29)30-34-31(32(36-30)35-23-13-4-14-24-35)37(25-15-5-1-6-16-25,26-17-7-2-8-18-26)27-19-9-3-10-20-27;/h1-3,5-12,15-22H,4,13-14,23-24H2;1H/q+1;/p-1. The SMILES string of the molecule is Clc1ccccc1-c1nc([P+](c2ccccc2)(c2ccccc2)c2ccccc2)c(N2CCCCC2)o1.[I-]. The van der Waals surface area contributed by atoms with E-state index in [4.69, 9.17) is 21.0 Å². The molecular weight excluding hydrogens is 622 g/mol. The molecule has 0 spiro atoms. The van der Waals surface area contributed by atoms with Crippen LogP contribution in [0.2, 0.25) is 5.02 Å². The third kappa shape index (κ3) is 4.90. The van der Waals surface area contributed by atoms with Gasteiger partial charge in [0.25, 0.3) is 11.3 Å². The normalized spacial score (nSPS) is 13.7. The van der Waals surface area contributed by atoms with Crippen LogP contribution in [0.15, 0.2) is 120 Å². The Morgan fingerprint density at radius 3 is 1.61 bits per heavy atom. The summed E-state index contributed by atoms with van der Waals surface area (Å²) in [6.45, 7) is 1.92. The monoisotopic (exact) mass is 650 g/mol. The van der Waals surface area contributed by atoms with Gasteiger partial charge in [0.2, 0.25) is 5.89 Å². The van der Waals surface area contributed by atoms with E-state index in [2.05, 4.69) is 95.9 Å². The van der Waals surface area contributed by atoms with Crippen LogP contribution in [-0.4, -0.2) is 18.1 Å². The maximum Gasteiger partial charge on any atom is 0.262 e. The molecule has 6 heteroatoms. The Morgan fingerprint density at radius 1 is 0.632 bits per heavy atom. The molecule has 0 radical (unpaired) electrons. The van der Waals surface area contributed by atoms with Crippen LogP contribution in [-0.2, 0) is 0 Å². The molecule has 2 heterocycles. The van der Waals surface area contributed by atoms with Crippen LogP contribution in [0, 0.1) is 0 Å². The Bertz CT molecular complexity index is 1370. The average Bonchev–Trinajstić information content (AvgIpc) is 3.41. The minimum Gasteiger partial charge on any atom is -1.00 e. The zero-order valence-corrected chi connectivity index (χ0v) is 24.8. The van der Waals surface area contributed by atoms with Gasteiger partial charge in [-0.2, -0.15) is 4.98 Å². The van der Waals surface area contributed by atoms with E-state index < -0.39 is 7.26 Å². The molecule has 1 fully saturated rings. The van der Waals surface area contributed by atoms with Crippen molar-refractivity contribution in [3.63, 3.8) is 0 Å².